The number of pyridine rings is 1. The van der Waals surface area contributed by atoms with Crippen molar-refractivity contribution in [2.45, 2.75) is 57.4 Å². The van der Waals surface area contributed by atoms with Crippen LogP contribution in [0, 0.1) is 5.92 Å². The molecule has 37 heavy (non-hydrogen) atoms. The van der Waals surface area contributed by atoms with E-state index in [4.69, 9.17) is 14.2 Å². The molecule has 1 aliphatic heterocycles. The normalized spacial score (nSPS) is 19.2. The Balaban J connectivity index is 1.36. The average molecular weight is 517 g/mol. The van der Waals surface area contributed by atoms with Crippen LogP contribution in [-0.2, 0) is 29.5 Å². The van der Waals surface area contributed by atoms with Gasteiger partial charge in [-0.15, -0.1) is 5.10 Å². The van der Waals surface area contributed by atoms with E-state index in [0.717, 1.165) is 18.5 Å². The van der Waals surface area contributed by atoms with Crippen LogP contribution in [0.2, 0.25) is 0 Å². The predicted molar refractivity (Wildman–Crippen MR) is 129 cm³/mol. The Hall–Kier alpha value is -3.64. The third-order valence-electron chi connectivity index (χ3n) is 6.76. The summed E-state index contributed by atoms with van der Waals surface area (Å²) in [7, 11) is 3.05. The molecular weight excluding hydrogens is 486 g/mol. The van der Waals surface area contributed by atoms with Crippen molar-refractivity contribution in [2.75, 3.05) is 30.4 Å². The van der Waals surface area contributed by atoms with Crippen molar-refractivity contribution < 1.29 is 22.8 Å². The molecule has 0 spiro atoms. The fourth-order valence-electron chi connectivity index (χ4n) is 4.76. The molecule has 0 unspecified atom stereocenters. The standard InChI is InChI=1S/C24H30F2N8O3/c1-4-16-18(34-12-14(9-20(35)36-3)10-24(25,26)13-34)8-7-17(28-16)21-19(33(2)32-30-21)11-27-23-29-22(37-31-23)15-5-6-15/h7-8,14-15H,4-6,9-13H2,1-3H3,(H,27,31)/t14-/m1/s1. The highest BCUT2D eigenvalue weighted by molar-refractivity contribution is 5.70. The van der Waals surface area contributed by atoms with E-state index in [9.17, 15) is 13.6 Å². The van der Waals surface area contributed by atoms with Gasteiger partial charge in [0.2, 0.25) is 5.89 Å². The maximum atomic E-state index is 14.6. The van der Waals surface area contributed by atoms with Gasteiger partial charge in [-0.3, -0.25) is 4.79 Å². The van der Waals surface area contributed by atoms with E-state index >= 15 is 0 Å². The van der Waals surface area contributed by atoms with Gasteiger partial charge in [-0.05, 0) is 42.5 Å². The van der Waals surface area contributed by atoms with Crippen molar-refractivity contribution in [3.05, 3.63) is 29.4 Å². The third kappa shape index (κ3) is 5.54. The maximum absolute atomic E-state index is 14.6. The van der Waals surface area contributed by atoms with Crippen molar-refractivity contribution in [1.29, 1.82) is 0 Å². The second-order valence-electron chi connectivity index (χ2n) is 9.70. The fourth-order valence-corrected chi connectivity index (χ4v) is 4.76. The summed E-state index contributed by atoms with van der Waals surface area (Å²) in [5.41, 5.74) is 3.23. The molecule has 3 aromatic heterocycles. The van der Waals surface area contributed by atoms with Gasteiger partial charge in [0.25, 0.3) is 11.9 Å². The monoisotopic (exact) mass is 516 g/mol. The minimum Gasteiger partial charge on any atom is -0.469 e. The summed E-state index contributed by atoms with van der Waals surface area (Å²) >= 11 is 0. The molecule has 4 heterocycles. The van der Waals surface area contributed by atoms with E-state index in [1.165, 1.54) is 7.11 Å². The molecule has 5 rings (SSSR count). The molecule has 1 N–H and O–H groups in total. The van der Waals surface area contributed by atoms with E-state index in [2.05, 4.69) is 25.8 Å². The van der Waals surface area contributed by atoms with Gasteiger partial charge in [-0.1, -0.05) is 12.1 Å². The minimum absolute atomic E-state index is 0.0476. The van der Waals surface area contributed by atoms with Gasteiger partial charge >= 0.3 is 5.97 Å². The number of hydrogen-bond acceptors (Lipinski definition) is 10. The Morgan fingerprint density at radius 2 is 2.11 bits per heavy atom. The van der Waals surface area contributed by atoms with Gasteiger partial charge in [0.15, 0.2) is 0 Å². The number of nitrogens with zero attached hydrogens (tertiary/aromatic N) is 7. The first-order chi connectivity index (χ1) is 17.8. The lowest BCUT2D eigenvalue weighted by Crippen LogP contribution is -2.48. The van der Waals surface area contributed by atoms with E-state index in [-0.39, 0.29) is 12.8 Å². The predicted octanol–water partition coefficient (Wildman–Crippen LogP) is 3.34. The van der Waals surface area contributed by atoms with Crippen LogP contribution in [0.3, 0.4) is 0 Å². The second-order valence-corrected chi connectivity index (χ2v) is 9.70. The number of ether oxygens (including phenoxy) is 1. The molecule has 198 valence electrons. The summed E-state index contributed by atoms with van der Waals surface area (Å²) in [5, 5.41) is 15.6. The van der Waals surface area contributed by atoms with Crippen LogP contribution in [0.5, 0.6) is 0 Å². The lowest BCUT2D eigenvalue weighted by atomic mass is 9.91. The first-order valence-corrected chi connectivity index (χ1v) is 12.4. The van der Waals surface area contributed by atoms with Gasteiger partial charge < -0.3 is 19.5 Å². The van der Waals surface area contributed by atoms with Gasteiger partial charge in [-0.25, -0.2) is 18.4 Å². The first kappa shape index (κ1) is 25.0. The summed E-state index contributed by atoms with van der Waals surface area (Å²) in [5.74, 6) is -2.50. The average Bonchev–Trinajstić information content (AvgIpc) is 3.50. The van der Waals surface area contributed by atoms with Gasteiger partial charge in [-0.2, -0.15) is 4.98 Å². The number of halogens is 2. The molecule has 0 amide bonds. The molecule has 11 nitrogen and oxygen atoms in total. The molecule has 0 bridgehead atoms. The van der Waals surface area contributed by atoms with Gasteiger partial charge in [0.05, 0.1) is 49.4 Å². The summed E-state index contributed by atoms with van der Waals surface area (Å²) in [6, 6.07) is 3.56. The highest BCUT2D eigenvalue weighted by Crippen LogP contribution is 2.39. The van der Waals surface area contributed by atoms with Crippen LogP contribution in [-0.4, -0.2) is 62.2 Å². The Morgan fingerprint density at radius 1 is 1.30 bits per heavy atom. The van der Waals surface area contributed by atoms with Crippen molar-refractivity contribution in [3.8, 4) is 11.4 Å². The van der Waals surface area contributed by atoms with Crippen molar-refractivity contribution in [1.82, 2.24) is 30.1 Å². The number of carbonyl (C=O) groups is 1. The summed E-state index contributed by atoms with van der Waals surface area (Å²) in [4.78, 5) is 22.5. The number of aromatic nitrogens is 6. The molecule has 1 atom stereocenters. The molecule has 1 saturated heterocycles. The Labute approximate surface area is 212 Å². The van der Waals surface area contributed by atoms with Crippen LogP contribution in [0.25, 0.3) is 11.4 Å². The van der Waals surface area contributed by atoms with Crippen LogP contribution in [0.4, 0.5) is 20.4 Å². The van der Waals surface area contributed by atoms with Crippen LogP contribution >= 0.6 is 0 Å². The lowest BCUT2D eigenvalue weighted by molar-refractivity contribution is -0.142. The maximum Gasteiger partial charge on any atom is 0.305 e. The number of methoxy groups -OCH3 is 1. The quantitative estimate of drug-likeness (QED) is 0.424. The van der Waals surface area contributed by atoms with Gasteiger partial charge in [0.1, 0.15) is 5.69 Å². The van der Waals surface area contributed by atoms with E-state index in [1.54, 1.807) is 28.8 Å². The van der Waals surface area contributed by atoms with E-state index < -0.39 is 24.4 Å². The number of esters is 1. The first-order valence-electron chi connectivity index (χ1n) is 12.4. The molecule has 1 aliphatic carbocycles. The number of aryl methyl sites for hydroxylation is 2. The number of alkyl halides is 2. The second kappa shape index (κ2) is 10.0. The van der Waals surface area contributed by atoms with Crippen molar-refractivity contribution in [2.24, 2.45) is 13.0 Å². The number of carbonyl (C=O) groups excluding carboxylic acids is 1. The van der Waals surface area contributed by atoms with Crippen molar-refractivity contribution in [3.63, 3.8) is 0 Å². The van der Waals surface area contributed by atoms with Gasteiger partial charge in [0, 0.05) is 25.9 Å². The summed E-state index contributed by atoms with van der Waals surface area (Å²) in [6.45, 7) is 2.18. The summed E-state index contributed by atoms with van der Waals surface area (Å²) < 4.78 is 40.8. The largest absolute Gasteiger partial charge is 0.469 e. The third-order valence-corrected chi connectivity index (χ3v) is 6.76. The number of anilines is 2. The molecule has 2 aliphatic rings. The number of rotatable bonds is 9. The zero-order valence-electron chi connectivity index (χ0n) is 21.1. The van der Waals surface area contributed by atoms with E-state index in [0.29, 0.717) is 60.0 Å². The van der Waals surface area contributed by atoms with Crippen LogP contribution in [0.15, 0.2) is 16.7 Å². The molecule has 3 aromatic rings. The van der Waals surface area contributed by atoms with Crippen molar-refractivity contribution >= 4 is 17.6 Å². The molecule has 13 heteroatoms. The smallest absolute Gasteiger partial charge is 0.305 e. The summed E-state index contributed by atoms with van der Waals surface area (Å²) in [6.07, 6.45) is 2.28. The minimum atomic E-state index is -2.92. The number of nitrogens with one attached hydrogen (secondary N) is 1. The number of piperidine rings is 1. The SMILES string of the molecule is CCc1nc(-c2nnn(C)c2CNc2noc(C3CC3)n2)ccc1N1C[C@H](CC(=O)OC)CC(F)(F)C1. The van der Waals surface area contributed by atoms with Crippen LogP contribution in [0.1, 0.15) is 55.8 Å². The lowest BCUT2D eigenvalue weighted by Gasteiger charge is -2.39. The zero-order chi connectivity index (χ0) is 26.2. The number of hydrogen-bond donors (Lipinski definition) is 1. The molecule has 1 saturated carbocycles. The fraction of sp³-hybridized carbons (Fsp3) is 0.583. The molecule has 0 aromatic carbocycles. The van der Waals surface area contributed by atoms with Crippen LogP contribution < -0.4 is 10.2 Å². The Morgan fingerprint density at radius 3 is 2.84 bits per heavy atom. The molecule has 0 radical (unpaired) electrons. The Bertz CT molecular complexity index is 1270. The molecular formula is C24H30F2N8O3. The zero-order valence-corrected chi connectivity index (χ0v) is 21.1. The highest BCUT2D eigenvalue weighted by atomic mass is 19.3. The molecule has 2 fully saturated rings. The van der Waals surface area contributed by atoms with E-state index in [1.807, 2.05) is 6.92 Å². The highest BCUT2D eigenvalue weighted by Gasteiger charge is 2.41. The topological polar surface area (TPSA) is 124 Å². The Kier molecular flexibility index (Phi) is 6.78.